The third-order valence-corrected chi connectivity index (χ3v) is 3.87. The molecule has 6 nitrogen and oxygen atoms in total. The Hall–Kier alpha value is -2.11. The van der Waals surface area contributed by atoms with Crippen molar-refractivity contribution in [2.45, 2.75) is 44.6 Å². The molecule has 2 aromatic rings. The molecule has 0 saturated heterocycles. The number of aromatic nitrogens is 3. The largest absolute Gasteiger partial charge is 0.739 e. The molecule has 1 saturated carbocycles. The molecule has 106 valence electrons. The molecule has 3 rings (SSSR count). The van der Waals surface area contributed by atoms with Crippen molar-refractivity contribution < 1.29 is 9.58 Å². The summed E-state index contributed by atoms with van der Waals surface area (Å²) in [6, 6.07) is 6.92. The summed E-state index contributed by atoms with van der Waals surface area (Å²) in [6.07, 6.45) is 6.83. The van der Waals surface area contributed by atoms with Gasteiger partial charge >= 0.3 is 5.95 Å². The molecular weight excluding hydrogens is 256 g/mol. The summed E-state index contributed by atoms with van der Waals surface area (Å²) in [5, 5.41) is 31.1. The standard InChI is InChI=1S/C14H18N4O2/c19-17-12-9-5-6-10-13(12)18(20)16-14(17)15-11-7-3-1-2-4-8-11/h5-6,9-11H,1-4,7-8H2,(H,15,16). The Kier molecular flexibility index (Phi) is 3.54. The molecule has 6 heteroatoms. The summed E-state index contributed by atoms with van der Waals surface area (Å²) in [6.45, 7) is 0. The van der Waals surface area contributed by atoms with Gasteiger partial charge in [-0.2, -0.15) is 0 Å². The topological polar surface area (TPSA) is 78.8 Å². The minimum Gasteiger partial charge on any atom is -0.739 e. The van der Waals surface area contributed by atoms with Gasteiger partial charge < -0.3 is 10.4 Å². The maximum absolute atomic E-state index is 12.3. The minimum absolute atomic E-state index is 0.102. The predicted molar refractivity (Wildman–Crippen MR) is 74.8 cm³/mol. The molecule has 1 aromatic heterocycles. The lowest BCUT2D eigenvalue weighted by Gasteiger charge is -2.15. The Morgan fingerprint density at radius 1 is 1.00 bits per heavy atom. The highest BCUT2D eigenvalue weighted by Crippen LogP contribution is 2.19. The van der Waals surface area contributed by atoms with Gasteiger partial charge in [0.1, 0.15) is 0 Å². The molecule has 1 aromatic carbocycles. The Labute approximate surface area is 117 Å². The van der Waals surface area contributed by atoms with Crippen molar-refractivity contribution in [2.75, 3.05) is 5.32 Å². The average Bonchev–Trinajstić information content (AvgIpc) is 2.73. The molecule has 0 atom stereocenters. The quantitative estimate of drug-likeness (QED) is 0.513. The van der Waals surface area contributed by atoms with E-state index in [4.69, 9.17) is 0 Å². The summed E-state index contributed by atoms with van der Waals surface area (Å²) in [4.78, 5) is 0.517. The van der Waals surface area contributed by atoms with Crippen molar-refractivity contribution >= 4 is 17.0 Å². The van der Waals surface area contributed by atoms with Crippen LogP contribution in [0, 0.1) is 10.4 Å². The van der Waals surface area contributed by atoms with Crippen LogP contribution < -0.4 is 14.9 Å². The number of fused-ring (bicyclic) bond motifs is 1. The van der Waals surface area contributed by atoms with Gasteiger partial charge in [-0.05, 0) is 18.9 Å². The van der Waals surface area contributed by atoms with E-state index in [0.717, 1.165) is 25.7 Å². The van der Waals surface area contributed by atoms with Crippen molar-refractivity contribution in [1.82, 2.24) is 5.10 Å². The highest BCUT2D eigenvalue weighted by Gasteiger charge is 2.23. The van der Waals surface area contributed by atoms with Crippen molar-refractivity contribution in [3.63, 3.8) is 0 Å². The lowest BCUT2D eigenvalue weighted by molar-refractivity contribution is -0.672. The van der Waals surface area contributed by atoms with E-state index in [1.165, 1.54) is 12.8 Å². The summed E-state index contributed by atoms with van der Waals surface area (Å²) in [5.74, 6) is 0.102. The highest BCUT2D eigenvalue weighted by molar-refractivity contribution is 5.67. The summed E-state index contributed by atoms with van der Waals surface area (Å²) in [5.41, 5.74) is 0.627. The Bertz CT molecular complexity index is 609. The van der Waals surface area contributed by atoms with Gasteiger partial charge in [0.05, 0.1) is 6.04 Å². The molecule has 0 bridgehead atoms. The Morgan fingerprint density at radius 3 is 2.35 bits per heavy atom. The van der Waals surface area contributed by atoms with E-state index >= 15 is 0 Å². The first kappa shape index (κ1) is 12.9. The van der Waals surface area contributed by atoms with Gasteiger partial charge in [-0.15, -0.1) is 0 Å². The third kappa shape index (κ3) is 2.45. The van der Waals surface area contributed by atoms with E-state index in [9.17, 15) is 10.4 Å². The first-order valence-corrected chi connectivity index (χ1v) is 7.14. The first-order chi connectivity index (χ1) is 9.75. The van der Waals surface area contributed by atoms with Gasteiger partial charge in [0.15, 0.2) is 5.52 Å². The molecule has 20 heavy (non-hydrogen) atoms. The van der Waals surface area contributed by atoms with E-state index in [-0.39, 0.29) is 17.5 Å². The average molecular weight is 274 g/mol. The van der Waals surface area contributed by atoms with Crippen LogP contribution in [0.25, 0.3) is 11.0 Å². The second-order valence-electron chi connectivity index (χ2n) is 5.31. The molecule has 1 heterocycles. The van der Waals surface area contributed by atoms with Crippen LogP contribution >= 0.6 is 0 Å². The van der Waals surface area contributed by atoms with Crippen LogP contribution in [0.4, 0.5) is 5.95 Å². The van der Waals surface area contributed by atoms with Gasteiger partial charge in [-0.1, -0.05) is 37.8 Å². The minimum atomic E-state index is 0.102. The molecule has 0 aliphatic heterocycles. The van der Waals surface area contributed by atoms with Crippen molar-refractivity contribution in [3.05, 3.63) is 34.7 Å². The molecule has 0 unspecified atom stereocenters. The highest BCUT2D eigenvalue weighted by atomic mass is 16.5. The molecule has 0 radical (unpaired) electrons. The Morgan fingerprint density at radius 2 is 1.65 bits per heavy atom. The lowest BCUT2D eigenvalue weighted by atomic mass is 10.1. The molecule has 1 fully saturated rings. The van der Waals surface area contributed by atoms with Crippen molar-refractivity contribution in [2.24, 2.45) is 0 Å². The Balaban J connectivity index is 1.93. The van der Waals surface area contributed by atoms with Crippen LogP contribution in [0.3, 0.4) is 0 Å². The third-order valence-electron chi connectivity index (χ3n) is 3.87. The fraction of sp³-hybridized carbons (Fsp3) is 0.500. The molecule has 1 aliphatic rings. The lowest BCUT2D eigenvalue weighted by Crippen LogP contribution is -2.45. The monoisotopic (exact) mass is 274 g/mol. The number of hydrogen-bond acceptors (Lipinski definition) is 4. The number of para-hydroxylation sites is 2. The summed E-state index contributed by atoms with van der Waals surface area (Å²) in [7, 11) is 0. The van der Waals surface area contributed by atoms with Gasteiger partial charge in [0.2, 0.25) is 5.10 Å². The van der Waals surface area contributed by atoms with Gasteiger partial charge in [0.25, 0.3) is 5.52 Å². The van der Waals surface area contributed by atoms with E-state index in [1.54, 1.807) is 24.3 Å². The van der Waals surface area contributed by atoms with Gasteiger partial charge in [-0.25, -0.2) is 4.73 Å². The number of nitrogens with zero attached hydrogens (tertiary/aromatic N) is 3. The van der Waals surface area contributed by atoms with Crippen molar-refractivity contribution in [3.8, 4) is 0 Å². The second kappa shape index (κ2) is 5.48. The van der Waals surface area contributed by atoms with Gasteiger partial charge in [0, 0.05) is 10.9 Å². The smallest absolute Gasteiger partial charge is 0.461 e. The predicted octanol–water partition coefficient (Wildman–Crippen LogP) is 1.64. The summed E-state index contributed by atoms with van der Waals surface area (Å²) < 4.78 is 0.717. The fourth-order valence-electron chi connectivity index (χ4n) is 2.79. The maximum atomic E-state index is 12.3. The summed E-state index contributed by atoms with van der Waals surface area (Å²) >= 11 is 0. The molecular formula is C14H18N4O2. The second-order valence-corrected chi connectivity index (χ2v) is 5.31. The van der Waals surface area contributed by atoms with E-state index in [2.05, 4.69) is 10.4 Å². The normalized spacial score (nSPS) is 17.0. The van der Waals surface area contributed by atoms with Crippen LogP contribution in [-0.2, 0) is 0 Å². The van der Waals surface area contributed by atoms with Crippen LogP contribution in [0.1, 0.15) is 38.5 Å². The van der Waals surface area contributed by atoms with Crippen LogP contribution in [-0.4, -0.2) is 11.1 Å². The zero-order chi connectivity index (χ0) is 13.9. The van der Waals surface area contributed by atoms with E-state index < -0.39 is 0 Å². The van der Waals surface area contributed by atoms with Crippen LogP contribution in [0.15, 0.2) is 24.3 Å². The van der Waals surface area contributed by atoms with E-state index in [0.29, 0.717) is 15.1 Å². The van der Waals surface area contributed by atoms with Gasteiger partial charge in [-0.3, -0.25) is 5.32 Å². The van der Waals surface area contributed by atoms with Crippen molar-refractivity contribution in [1.29, 1.82) is 0 Å². The number of nitrogens with one attached hydrogen (secondary N) is 1. The fourth-order valence-corrected chi connectivity index (χ4v) is 2.79. The molecule has 1 N–H and O–H groups in total. The van der Waals surface area contributed by atoms with Crippen LogP contribution in [0.5, 0.6) is 0 Å². The molecule has 0 spiro atoms. The number of rotatable bonds is 2. The van der Waals surface area contributed by atoms with Crippen LogP contribution in [0.2, 0.25) is 0 Å². The zero-order valence-electron chi connectivity index (χ0n) is 11.3. The number of hydrogen-bond donors (Lipinski definition) is 1. The SMILES string of the molecule is [O-][n+]1nc(NC2CCCCCC2)[n+]([O-])c2ccccc21. The molecule has 0 amide bonds. The zero-order valence-corrected chi connectivity index (χ0v) is 11.3. The first-order valence-electron chi connectivity index (χ1n) is 7.14. The molecule has 1 aliphatic carbocycles. The maximum Gasteiger partial charge on any atom is 0.461 e. The number of benzene rings is 1. The van der Waals surface area contributed by atoms with E-state index in [1.807, 2.05) is 0 Å². The number of anilines is 1.